The molecule has 0 bridgehead atoms. The van der Waals surface area contributed by atoms with Crippen molar-refractivity contribution >= 4 is 11.4 Å². The topological polar surface area (TPSA) is 36.4 Å². The van der Waals surface area contributed by atoms with Crippen LogP contribution in [0.1, 0.15) is 171 Å². The van der Waals surface area contributed by atoms with Gasteiger partial charge in [0.15, 0.2) is 0 Å². The summed E-state index contributed by atoms with van der Waals surface area (Å²) in [6.45, 7) is 4.53. The Morgan fingerprint density at radius 3 is 1.70 bits per heavy atom. The van der Waals surface area contributed by atoms with Crippen LogP contribution in [-0.4, -0.2) is 10.7 Å². The van der Waals surface area contributed by atoms with Crippen molar-refractivity contribution in [1.82, 2.24) is 0 Å². The minimum atomic E-state index is 0. The average Bonchev–Trinajstić information content (AvgIpc) is 3.07. The van der Waals surface area contributed by atoms with Crippen molar-refractivity contribution in [2.24, 2.45) is 0 Å². The molecule has 2 aromatic rings. The molecule has 2 nitrogen and oxygen atoms in total. The Morgan fingerprint density at radius 1 is 0.609 bits per heavy atom. The van der Waals surface area contributed by atoms with Crippen molar-refractivity contribution in [1.29, 1.82) is 0 Å². The Bertz CT molecular complexity index is 1150. The number of rotatable bonds is 27. The molecule has 0 atom stereocenters. The Kier molecular flexibility index (Phi) is 27.1. The van der Waals surface area contributed by atoms with Gasteiger partial charge in [0.2, 0.25) is 0 Å². The number of nitrogens with zero attached hydrogens (tertiary/aromatic N) is 2. The summed E-state index contributed by atoms with van der Waals surface area (Å²) in [7, 11) is 0. The molecule has 2 aromatic carbocycles. The number of hydrogen-bond donors (Lipinski definition) is 0. The Morgan fingerprint density at radius 2 is 1.13 bits per heavy atom. The smallest absolute Gasteiger partial charge is 0.299 e. The second-order valence-electron chi connectivity index (χ2n) is 12.9. The van der Waals surface area contributed by atoms with Crippen molar-refractivity contribution in [3.8, 4) is 0 Å². The zero-order chi connectivity index (χ0) is 32.0. The van der Waals surface area contributed by atoms with Crippen molar-refractivity contribution in [2.45, 2.75) is 162 Å². The molecule has 0 amide bonds. The zero-order valence-corrected chi connectivity index (χ0v) is 30.4. The van der Waals surface area contributed by atoms with E-state index in [2.05, 4.69) is 85.2 Å². The number of unbranched alkanes of at least 4 members (excludes halogenated alkanes) is 18. The number of hydrogen-bond acceptors (Lipinski definition) is 0. The van der Waals surface area contributed by atoms with Gasteiger partial charge in [0, 0.05) is 16.5 Å². The van der Waals surface area contributed by atoms with Gasteiger partial charge in [-0.1, -0.05) is 177 Å². The van der Waals surface area contributed by atoms with Crippen LogP contribution in [-0.2, 0) is 29.3 Å². The van der Waals surface area contributed by atoms with Crippen LogP contribution in [0.15, 0.2) is 72.8 Å². The summed E-state index contributed by atoms with van der Waals surface area (Å²) in [5.74, 6) is 2.56. The van der Waals surface area contributed by atoms with Crippen molar-refractivity contribution in [2.75, 3.05) is 0 Å². The molecule has 46 heavy (non-hydrogen) atoms. The second kappa shape index (κ2) is 29.9. The van der Waals surface area contributed by atoms with Crippen LogP contribution < -0.4 is 0 Å². The van der Waals surface area contributed by atoms with Gasteiger partial charge in [-0.3, -0.25) is 0 Å². The summed E-state index contributed by atoms with van der Waals surface area (Å²) in [6, 6.07) is 17.7. The third-order valence-corrected chi connectivity index (χ3v) is 8.98. The molecule has 0 aromatic heterocycles. The van der Waals surface area contributed by atoms with Gasteiger partial charge in [-0.25, -0.2) is 0 Å². The molecule has 3 heteroatoms. The summed E-state index contributed by atoms with van der Waals surface area (Å²) in [6.07, 6.45) is 39.4. The minimum Gasteiger partial charge on any atom is -0.348 e. The maximum absolute atomic E-state index is 8.88. The minimum absolute atomic E-state index is 0. The maximum Gasteiger partial charge on any atom is 0.299 e. The van der Waals surface area contributed by atoms with E-state index in [9.17, 15) is 0 Å². The summed E-state index contributed by atoms with van der Waals surface area (Å²) in [4.78, 5) is 3.04. The predicted octanol–water partition coefficient (Wildman–Crippen LogP) is 13.4. The predicted molar refractivity (Wildman–Crippen MR) is 198 cm³/mol. The van der Waals surface area contributed by atoms with Gasteiger partial charge in [-0.15, -0.1) is 4.79 Å². The first-order chi connectivity index (χ1) is 22.3. The van der Waals surface area contributed by atoms with Gasteiger partial charge in [0.1, 0.15) is 0 Å². The quantitative estimate of drug-likeness (QED) is 0.0173. The molecule has 0 N–H and O–H groups in total. The van der Waals surface area contributed by atoms with Gasteiger partial charge in [0.25, 0.3) is 5.87 Å². The summed E-state index contributed by atoms with van der Waals surface area (Å²) in [5, 5.41) is 0. The van der Waals surface area contributed by atoms with Crippen molar-refractivity contribution < 1.29 is 21.3 Å². The molecule has 0 saturated heterocycles. The Hall–Kier alpha value is -2.43. The molecule has 0 saturated carbocycles. The fraction of sp³-hybridized carbons (Fsp3) is 0.581. The molecule has 0 heterocycles. The SMILES string of the molecule is CCCCCCCCCCCCCCCCCCC=CCCCc1ccccc1C(=CC=C=[N+]=[N-])c1ccc(CCCC)cc1.[Ni]. The molecule has 0 unspecified atom stereocenters. The second-order valence-corrected chi connectivity index (χ2v) is 12.9. The monoisotopic (exact) mass is 666 g/mol. The van der Waals surface area contributed by atoms with Gasteiger partial charge < -0.3 is 5.53 Å². The van der Waals surface area contributed by atoms with Crippen LogP contribution in [0.25, 0.3) is 11.1 Å². The van der Waals surface area contributed by atoms with Gasteiger partial charge in [0.05, 0.1) is 6.08 Å². The van der Waals surface area contributed by atoms with Gasteiger partial charge >= 0.3 is 0 Å². The normalized spacial score (nSPS) is 11.3. The van der Waals surface area contributed by atoms with Crippen LogP contribution in [0.5, 0.6) is 0 Å². The molecular formula is C43H64N2Ni. The zero-order valence-electron chi connectivity index (χ0n) is 29.4. The van der Waals surface area contributed by atoms with Crippen molar-refractivity contribution in [3.63, 3.8) is 0 Å². The van der Waals surface area contributed by atoms with Crippen molar-refractivity contribution in [3.05, 3.63) is 101 Å². The molecule has 0 radical (unpaired) electrons. The van der Waals surface area contributed by atoms with Crippen LogP contribution in [0.3, 0.4) is 0 Å². The first-order valence-corrected chi connectivity index (χ1v) is 18.8. The van der Waals surface area contributed by atoms with E-state index in [0.29, 0.717) is 0 Å². The van der Waals surface area contributed by atoms with E-state index >= 15 is 0 Å². The van der Waals surface area contributed by atoms with E-state index in [-0.39, 0.29) is 16.5 Å². The van der Waals surface area contributed by atoms with Gasteiger partial charge in [-0.2, -0.15) is 0 Å². The summed E-state index contributed by atoms with van der Waals surface area (Å²) < 4.78 is 0. The number of benzene rings is 2. The van der Waals surface area contributed by atoms with E-state index in [1.165, 1.54) is 144 Å². The molecule has 0 aliphatic heterocycles. The standard InChI is InChI=1S/C43H64N2.Ni/c1-3-5-7-8-9-10-11-12-13-14-15-16-17-18-19-20-21-22-23-24-25-30-40-31-26-27-32-42(40)43(33-28-38-45-44)41-36-34-39(35-37-41)29-6-4-2;/h22-23,26-28,31-37H,3-21,24-25,29-30H2,1-2H3;. The molecule has 0 fully saturated rings. The Labute approximate surface area is 293 Å². The van der Waals surface area contributed by atoms with E-state index in [1.807, 2.05) is 6.08 Å². The molecular weight excluding hydrogens is 603 g/mol. The van der Waals surface area contributed by atoms with Crippen LogP contribution in [0, 0.1) is 0 Å². The first kappa shape index (κ1) is 41.6. The van der Waals surface area contributed by atoms with Gasteiger partial charge in [-0.05, 0) is 78.8 Å². The summed E-state index contributed by atoms with van der Waals surface area (Å²) >= 11 is 0. The third kappa shape index (κ3) is 19.9. The summed E-state index contributed by atoms with van der Waals surface area (Å²) in [5.41, 5.74) is 15.2. The molecule has 256 valence electrons. The molecule has 0 aliphatic carbocycles. The fourth-order valence-corrected chi connectivity index (χ4v) is 6.18. The molecule has 0 aliphatic rings. The van der Waals surface area contributed by atoms with E-state index < -0.39 is 0 Å². The maximum atomic E-state index is 8.88. The third-order valence-electron chi connectivity index (χ3n) is 8.98. The van der Waals surface area contributed by atoms with Crippen LogP contribution in [0.2, 0.25) is 0 Å². The number of aryl methyl sites for hydroxylation is 2. The van der Waals surface area contributed by atoms with E-state index in [0.717, 1.165) is 31.3 Å². The van der Waals surface area contributed by atoms with E-state index in [4.69, 9.17) is 5.53 Å². The Balaban J connectivity index is 0.0000106. The average molecular weight is 668 g/mol. The van der Waals surface area contributed by atoms with Crippen LogP contribution >= 0.6 is 0 Å². The van der Waals surface area contributed by atoms with E-state index in [1.54, 1.807) is 6.08 Å². The number of allylic oxidation sites excluding steroid dienone is 4. The molecule has 0 spiro atoms. The first-order valence-electron chi connectivity index (χ1n) is 18.8. The van der Waals surface area contributed by atoms with Crippen LogP contribution in [0.4, 0.5) is 0 Å². The fourth-order valence-electron chi connectivity index (χ4n) is 6.18. The molecule has 2 rings (SSSR count). The largest absolute Gasteiger partial charge is 0.348 e.